The molecule has 2 aromatic rings. The van der Waals surface area contributed by atoms with E-state index in [9.17, 15) is 0 Å². The molecule has 0 atom stereocenters. The average molecular weight is 228 g/mol. The van der Waals surface area contributed by atoms with Crippen LogP contribution in [0.3, 0.4) is 0 Å². The first-order valence-electron chi connectivity index (χ1n) is 5.27. The number of pyridine rings is 1. The standard InChI is InChI=1S/C12H12N4O/c1-9(2)16-8-11(6-15-16)17-12-7-14-4-3-10(12)5-13/h3-4,6-9H,1-2H3. The Morgan fingerprint density at radius 2 is 2.24 bits per heavy atom. The highest BCUT2D eigenvalue weighted by Gasteiger charge is 2.07. The van der Waals surface area contributed by atoms with E-state index in [-0.39, 0.29) is 6.04 Å². The first-order chi connectivity index (χ1) is 8.20. The molecule has 0 fully saturated rings. The summed E-state index contributed by atoms with van der Waals surface area (Å²) in [4.78, 5) is 3.93. The van der Waals surface area contributed by atoms with E-state index in [4.69, 9.17) is 10.00 Å². The van der Waals surface area contributed by atoms with Gasteiger partial charge < -0.3 is 4.74 Å². The van der Waals surface area contributed by atoms with Crippen molar-refractivity contribution in [3.63, 3.8) is 0 Å². The molecule has 0 aliphatic carbocycles. The van der Waals surface area contributed by atoms with Crippen LogP contribution in [0.15, 0.2) is 30.9 Å². The second-order valence-corrected chi connectivity index (χ2v) is 3.84. The summed E-state index contributed by atoms with van der Waals surface area (Å²) in [5, 5.41) is 13.1. The van der Waals surface area contributed by atoms with Gasteiger partial charge in [0.1, 0.15) is 6.07 Å². The van der Waals surface area contributed by atoms with Crippen LogP contribution < -0.4 is 4.74 Å². The lowest BCUT2D eigenvalue weighted by molar-refractivity contribution is 0.473. The van der Waals surface area contributed by atoms with Gasteiger partial charge >= 0.3 is 0 Å². The van der Waals surface area contributed by atoms with E-state index in [1.165, 1.54) is 6.20 Å². The first kappa shape index (κ1) is 11.1. The van der Waals surface area contributed by atoms with Gasteiger partial charge in [-0.15, -0.1) is 0 Å². The van der Waals surface area contributed by atoms with Crippen molar-refractivity contribution in [2.75, 3.05) is 0 Å². The van der Waals surface area contributed by atoms with E-state index in [0.717, 1.165) is 0 Å². The molecule has 0 amide bonds. The van der Waals surface area contributed by atoms with Crippen molar-refractivity contribution in [3.8, 4) is 17.6 Å². The minimum Gasteiger partial charge on any atom is -0.451 e. The van der Waals surface area contributed by atoms with Crippen LogP contribution in [-0.4, -0.2) is 14.8 Å². The van der Waals surface area contributed by atoms with Gasteiger partial charge in [0, 0.05) is 12.2 Å². The van der Waals surface area contributed by atoms with Crippen LogP contribution in [0.4, 0.5) is 0 Å². The highest BCUT2D eigenvalue weighted by Crippen LogP contribution is 2.23. The van der Waals surface area contributed by atoms with Crippen molar-refractivity contribution >= 4 is 0 Å². The number of hydrogen-bond donors (Lipinski definition) is 0. The number of rotatable bonds is 3. The number of aromatic nitrogens is 3. The van der Waals surface area contributed by atoms with Crippen LogP contribution in [0.5, 0.6) is 11.5 Å². The Labute approximate surface area is 99.3 Å². The van der Waals surface area contributed by atoms with E-state index in [2.05, 4.69) is 16.2 Å². The van der Waals surface area contributed by atoms with Gasteiger partial charge in [-0.2, -0.15) is 10.4 Å². The van der Waals surface area contributed by atoms with Crippen molar-refractivity contribution in [2.45, 2.75) is 19.9 Å². The summed E-state index contributed by atoms with van der Waals surface area (Å²) in [6.07, 6.45) is 6.49. The molecular weight excluding hydrogens is 216 g/mol. The van der Waals surface area contributed by atoms with Crippen LogP contribution in [0.25, 0.3) is 0 Å². The summed E-state index contributed by atoms with van der Waals surface area (Å²) in [6.45, 7) is 4.06. The molecule has 2 heterocycles. The molecule has 5 heteroatoms. The molecular formula is C12H12N4O. The number of nitriles is 1. The fourth-order valence-electron chi connectivity index (χ4n) is 1.34. The largest absolute Gasteiger partial charge is 0.451 e. The molecule has 0 unspecified atom stereocenters. The van der Waals surface area contributed by atoms with Crippen LogP contribution in [0, 0.1) is 11.3 Å². The van der Waals surface area contributed by atoms with Gasteiger partial charge in [-0.3, -0.25) is 9.67 Å². The Morgan fingerprint density at radius 1 is 1.41 bits per heavy atom. The molecule has 0 aromatic carbocycles. The van der Waals surface area contributed by atoms with Gasteiger partial charge in [0.05, 0.1) is 24.2 Å². The SMILES string of the molecule is CC(C)n1cc(Oc2cnccc2C#N)cn1. The Bertz CT molecular complexity index is 554. The third-order valence-electron chi connectivity index (χ3n) is 2.24. The molecule has 0 bridgehead atoms. The molecule has 17 heavy (non-hydrogen) atoms. The zero-order valence-electron chi connectivity index (χ0n) is 9.66. The number of nitrogens with zero attached hydrogens (tertiary/aromatic N) is 4. The average Bonchev–Trinajstić information content (AvgIpc) is 2.78. The first-order valence-corrected chi connectivity index (χ1v) is 5.27. The second-order valence-electron chi connectivity index (χ2n) is 3.84. The van der Waals surface area contributed by atoms with Gasteiger partial charge in [-0.1, -0.05) is 0 Å². The van der Waals surface area contributed by atoms with E-state index in [1.807, 2.05) is 13.8 Å². The Kier molecular flexibility index (Phi) is 3.06. The summed E-state index contributed by atoms with van der Waals surface area (Å²) in [6, 6.07) is 3.94. The third kappa shape index (κ3) is 2.42. The molecule has 0 radical (unpaired) electrons. The fourth-order valence-corrected chi connectivity index (χ4v) is 1.34. The lowest BCUT2D eigenvalue weighted by atomic mass is 10.3. The predicted octanol–water partition coefficient (Wildman–Crippen LogP) is 2.52. The molecule has 0 saturated carbocycles. The lowest BCUT2D eigenvalue weighted by Crippen LogP contribution is -1.99. The Balaban J connectivity index is 2.23. The van der Waals surface area contributed by atoms with Crippen molar-refractivity contribution in [3.05, 3.63) is 36.4 Å². The van der Waals surface area contributed by atoms with Crippen molar-refractivity contribution in [1.82, 2.24) is 14.8 Å². The molecule has 0 saturated heterocycles. The number of ether oxygens (including phenoxy) is 1. The molecule has 0 aliphatic heterocycles. The number of hydrogen-bond acceptors (Lipinski definition) is 4. The molecule has 5 nitrogen and oxygen atoms in total. The second kappa shape index (κ2) is 4.66. The van der Waals surface area contributed by atoms with Crippen LogP contribution in [0.1, 0.15) is 25.5 Å². The summed E-state index contributed by atoms with van der Waals surface area (Å²) in [5.41, 5.74) is 0.456. The smallest absolute Gasteiger partial charge is 0.165 e. The van der Waals surface area contributed by atoms with Crippen molar-refractivity contribution in [2.24, 2.45) is 0 Å². The van der Waals surface area contributed by atoms with Gasteiger partial charge in [0.25, 0.3) is 0 Å². The maximum Gasteiger partial charge on any atom is 0.165 e. The maximum absolute atomic E-state index is 8.91. The Hall–Kier alpha value is -2.35. The monoisotopic (exact) mass is 228 g/mol. The van der Waals surface area contributed by atoms with Crippen LogP contribution in [0.2, 0.25) is 0 Å². The van der Waals surface area contributed by atoms with Crippen molar-refractivity contribution in [1.29, 1.82) is 5.26 Å². The quantitative estimate of drug-likeness (QED) is 0.809. The predicted molar refractivity (Wildman–Crippen MR) is 61.6 cm³/mol. The topological polar surface area (TPSA) is 63.7 Å². The maximum atomic E-state index is 8.91. The normalized spacial score (nSPS) is 10.2. The minimum absolute atomic E-state index is 0.275. The van der Waals surface area contributed by atoms with Gasteiger partial charge in [0.2, 0.25) is 0 Å². The highest BCUT2D eigenvalue weighted by molar-refractivity contribution is 5.42. The summed E-state index contributed by atoms with van der Waals surface area (Å²) >= 11 is 0. The molecule has 2 rings (SSSR count). The lowest BCUT2D eigenvalue weighted by Gasteiger charge is -2.04. The summed E-state index contributed by atoms with van der Waals surface area (Å²) in [5.74, 6) is 1.04. The Morgan fingerprint density at radius 3 is 2.88 bits per heavy atom. The van der Waals surface area contributed by atoms with E-state index in [0.29, 0.717) is 17.1 Å². The summed E-state index contributed by atoms with van der Waals surface area (Å²) in [7, 11) is 0. The fraction of sp³-hybridized carbons (Fsp3) is 0.250. The van der Waals surface area contributed by atoms with E-state index >= 15 is 0 Å². The van der Waals surface area contributed by atoms with E-state index < -0.39 is 0 Å². The molecule has 0 spiro atoms. The molecule has 2 aromatic heterocycles. The molecule has 0 aliphatic rings. The zero-order chi connectivity index (χ0) is 12.3. The zero-order valence-corrected chi connectivity index (χ0v) is 9.66. The third-order valence-corrected chi connectivity index (χ3v) is 2.24. The van der Waals surface area contributed by atoms with Crippen LogP contribution in [-0.2, 0) is 0 Å². The van der Waals surface area contributed by atoms with Crippen molar-refractivity contribution < 1.29 is 4.74 Å². The van der Waals surface area contributed by atoms with Gasteiger partial charge in [-0.25, -0.2) is 0 Å². The minimum atomic E-state index is 0.275. The van der Waals surface area contributed by atoms with Crippen LogP contribution >= 0.6 is 0 Å². The van der Waals surface area contributed by atoms with E-state index in [1.54, 1.807) is 29.3 Å². The summed E-state index contributed by atoms with van der Waals surface area (Å²) < 4.78 is 7.35. The van der Waals surface area contributed by atoms with Gasteiger partial charge in [-0.05, 0) is 19.9 Å². The highest BCUT2D eigenvalue weighted by atomic mass is 16.5. The molecule has 86 valence electrons. The molecule has 0 N–H and O–H groups in total. The van der Waals surface area contributed by atoms with Gasteiger partial charge in [0.15, 0.2) is 11.5 Å².